The second-order valence-electron chi connectivity index (χ2n) is 12.6. The summed E-state index contributed by atoms with van der Waals surface area (Å²) < 4.78 is 43.3. The molecule has 0 aliphatic carbocycles. The van der Waals surface area contributed by atoms with Crippen molar-refractivity contribution in [3.05, 3.63) is 106 Å². The van der Waals surface area contributed by atoms with Crippen molar-refractivity contribution in [1.82, 2.24) is 19.6 Å². The molecule has 13 heteroatoms. The Morgan fingerprint density at radius 1 is 0.961 bits per heavy atom. The number of alkyl halides is 3. The molecule has 10 nitrogen and oxygen atoms in total. The molecule has 0 bridgehead atoms. The molecule has 270 valence electrons. The highest BCUT2D eigenvalue weighted by Crippen LogP contribution is 2.30. The van der Waals surface area contributed by atoms with Crippen LogP contribution in [0.25, 0.3) is 5.69 Å². The van der Waals surface area contributed by atoms with Crippen molar-refractivity contribution in [2.45, 2.75) is 71.8 Å². The van der Waals surface area contributed by atoms with E-state index in [0.29, 0.717) is 30.9 Å². The minimum atomic E-state index is -4.87. The summed E-state index contributed by atoms with van der Waals surface area (Å²) in [7, 11) is 0. The molecule has 0 radical (unpaired) electrons. The molecule has 0 saturated carbocycles. The van der Waals surface area contributed by atoms with Crippen LogP contribution in [0, 0.1) is 6.92 Å². The average Bonchev–Trinajstić information content (AvgIpc) is 3.51. The summed E-state index contributed by atoms with van der Waals surface area (Å²) in [5, 5.41) is 17.8. The van der Waals surface area contributed by atoms with Crippen LogP contribution in [0.3, 0.4) is 0 Å². The van der Waals surface area contributed by atoms with E-state index >= 15 is 0 Å². The number of nitrogens with zero attached hydrogens (tertiary/aromatic N) is 4. The van der Waals surface area contributed by atoms with Gasteiger partial charge in [-0.2, -0.15) is 5.10 Å². The summed E-state index contributed by atoms with van der Waals surface area (Å²) in [4.78, 5) is 44.7. The minimum absolute atomic E-state index is 0.0660. The number of halogens is 3. The number of hydrogen-bond donors (Lipinski definition) is 2. The minimum Gasteiger partial charge on any atom is -0.406 e. The zero-order valence-corrected chi connectivity index (χ0v) is 28.9. The van der Waals surface area contributed by atoms with Crippen LogP contribution in [0.2, 0.25) is 0 Å². The number of carbonyl (C=O) groups excluding carboxylic acids is 3. The van der Waals surface area contributed by atoms with Crippen LogP contribution in [0.1, 0.15) is 87.6 Å². The molecule has 1 aliphatic heterocycles. The Balaban J connectivity index is 1.51. The van der Waals surface area contributed by atoms with Gasteiger partial charge in [-0.1, -0.05) is 51.0 Å². The van der Waals surface area contributed by atoms with Crippen molar-refractivity contribution >= 4 is 23.4 Å². The number of rotatable bonds is 13. The van der Waals surface area contributed by atoms with E-state index in [1.54, 1.807) is 30.0 Å². The smallest absolute Gasteiger partial charge is 0.406 e. The Bertz CT molecular complexity index is 1850. The number of benzene rings is 3. The third-order valence-electron chi connectivity index (χ3n) is 8.85. The third-order valence-corrected chi connectivity index (χ3v) is 8.85. The standard InChI is InChI=1S/C38H42F3N5O5/c1-4-6-18-44(19-7-5-2)37(50)33-20-25(3)46(43-33)34-17-14-29(42-35(48)26-12-15-31(16-13-26)51-38(39,40)41)22-32(34)36(49)45-23-28-11-9-8-10-27(28)21-30(45)24-47/h8-17,20,22,30,47H,4-7,18-19,21,23-24H2,1-3H3,(H,42,48)/t30-/m0/s1. The van der Waals surface area contributed by atoms with Crippen molar-refractivity contribution in [2.75, 3.05) is 25.0 Å². The Morgan fingerprint density at radius 3 is 2.25 bits per heavy atom. The predicted octanol–water partition coefficient (Wildman–Crippen LogP) is 6.93. The lowest BCUT2D eigenvalue weighted by atomic mass is 9.93. The molecule has 2 N–H and O–H groups in total. The fraction of sp³-hybridized carbons (Fsp3) is 0.368. The van der Waals surface area contributed by atoms with E-state index in [1.807, 2.05) is 29.2 Å². The zero-order chi connectivity index (χ0) is 36.7. The van der Waals surface area contributed by atoms with Crippen molar-refractivity contribution in [3.63, 3.8) is 0 Å². The van der Waals surface area contributed by atoms with Gasteiger partial charge in [0.2, 0.25) is 0 Å². The number of fused-ring (bicyclic) bond motifs is 1. The fourth-order valence-corrected chi connectivity index (χ4v) is 6.12. The second-order valence-corrected chi connectivity index (χ2v) is 12.6. The van der Waals surface area contributed by atoms with Gasteiger partial charge in [0.15, 0.2) is 5.69 Å². The van der Waals surface area contributed by atoms with Crippen LogP contribution in [0.15, 0.2) is 72.8 Å². The zero-order valence-electron chi connectivity index (χ0n) is 28.9. The van der Waals surface area contributed by atoms with Crippen LogP contribution in [-0.4, -0.2) is 74.5 Å². The number of aromatic nitrogens is 2. The highest BCUT2D eigenvalue weighted by atomic mass is 19.4. The van der Waals surface area contributed by atoms with E-state index in [1.165, 1.54) is 22.9 Å². The molecule has 0 fully saturated rings. The molecule has 0 saturated heterocycles. The Hall–Kier alpha value is -5.17. The summed E-state index contributed by atoms with van der Waals surface area (Å²) in [6.45, 7) is 7.11. The normalized spacial score (nSPS) is 14.2. The van der Waals surface area contributed by atoms with Crippen LogP contribution < -0.4 is 10.1 Å². The van der Waals surface area contributed by atoms with Gasteiger partial charge in [-0.25, -0.2) is 4.68 Å². The van der Waals surface area contributed by atoms with Crippen LogP contribution in [0.5, 0.6) is 5.75 Å². The number of unbranched alkanes of at least 4 members (excludes halogenated alkanes) is 2. The van der Waals surface area contributed by atoms with Gasteiger partial charge >= 0.3 is 6.36 Å². The SMILES string of the molecule is CCCCN(CCCC)C(=O)c1cc(C)n(-c2ccc(NC(=O)c3ccc(OC(F)(F)F)cc3)cc2C(=O)N2Cc3ccccc3C[C@H]2CO)n1. The van der Waals surface area contributed by atoms with Crippen LogP contribution in [0.4, 0.5) is 18.9 Å². The molecule has 3 amide bonds. The first-order valence-corrected chi connectivity index (χ1v) is 17.1. The van der Waals surface area contributed by atoms with Crippen molar-refractivity contribution in [3.8, 4) is 11.4 Å². The molecule has 0 unspecified atom stereocenters. The Labute approximate surface area is 294 Å². The fourth-order valence-electron chi connectivity index (χ4n) is 6.12. The molecule has 3 aromatic carbocycles. The number of aryl methyl sites for hydroxylation is 1. The summed E-state index contributed by atoms with van der Waals surface area (Å²) in [5.41, 5.74) is 3.68. The number of ether oxygens (including phenoxy) is 1. The first-order chi connectivity index (χ1) is 24.4. The summed E-state index contributed by atoms with van der Waals surface area (Å²) in [6.07, 6.45) is -0.834. The quantitative estimate of drug-likeness (QED) is 0.156. The van der Waals surface area contributed by atoms with Crippen LogP contribution in [-0.2, 0) is 13.0 Å². The van der Waals surface area contributed by atoms with Crippen LogP contribution >= 0.6 is 0 Å². The van der Waals surface area contributed by atoms with E-state index < -0.39 is 30.0 Å². The maximum atomic E-state index is 14.5. The summed E-state index contributed by atoms with van der Waals surface area (Å²) in [5.74, 6) is -1.71. The molecule has 1 aromatic heterocycles. The van der Waals surface area contributed by atoms with Gasteiger partial charge in [0.05, 0.1) is 23.9 Å². The van der Waals surface area contributed by atoms with E-state index in [4.69, 9.17) is 0 Å². The topological polar surface area (TPSA) is 117 Å². The molecule has 0 spiro atoms. The van der Waals surface area contributed by atoms with Gasteiger partial charge in [-0.3, -0.25) is 14.4 Å². The first kappa shape index (κ1) is 37.1. The highest BCUT2D eigenvalue weighted by molar-refractivity contribution is 6.06. The van der Waals surface area contributed by atoms with Crippen molar-refractivity contribution in [2.24, 2.45) is 0 Å². The molecule has 51 heavy (non-hydrogen) atoms. The lowest BCUT2D eigenvalue weighted by Gasteiger charge is -2.36. The van der Waals surface area contributed by atoms with Gasteiger partial charge in [0.25, 0.3) is 17.7 Å². The van der Waals surface area contributed by atoms with Gasteiger partial charge in [-0.05, 0) is 85.8 Å². The number of anilines is 1. The largest absolute Gasteiger partial charge is 0.573 e. The number of carbonyl (C=O) groups is 3. The maximum Gasteiger partial charge on any atom is 0.573 e. The molecular formula is C38H42F3N5O5. The van der Waals surface area contributed by atoms with E-state index in [2.05, 4.69) is 29.0 Å². The monoisotopic (exact) mass is 705 g/mol. The van der Waals surface area contributed by atoms with Crippen molar-refractivity contribution in [1.29, 1.82) is 0 Å². The molecule has 5 rings (SSSR count). The van der Waals surface area contributed by atoms with Crippen molar-refractivity contribution < 1.29 is 37.4 Å². The average molecular weight is 706 g/mol. The summed E-state index contributed by atoms with van der Waals surface area (Å²) >= 11 is 0. The highest BCUT2D eigenvalue weighted by Gasteiger charge is 2.33. The third kappa shape index (κ3) is 8.95. The maximum absolute atomic E-state index is 14.5. The Kier molecular flexibility index (Phi) is 11.8. The number of aliphatic hydroxyl groups excluding tert-OH is 1. The van der Waals surface area contributed by atoms with Gasteiger partial charge in [0, 0.05) is 36.6 Å². The molecule has 4 aromatic rings. The predicted molar refractivity (Wildman–Crippen MR) is 186 cm³/mol. The van der Waals surface area contributed by atoms with E-state index in [9.17, 15) is 32.7 Å². The van der Waals surface area contributed by atoms with Gasteiger partial charge in [-0.15, -0.1) is 13.2 Å². The molecule has 2 heterocycles. The number of aliphatic hydroxyl groups is 1. The second kappa shape index (κ2) is 16.2. The number of amides is 3. The molecular weight excluding hydrogens is 663 g/mol. The summed E-state index contributed by atoms with van der Waals surface area (Å²) in [6, 6.07) is 18.1. The van der Waals surface area contributed by atoms with E-state index in [-0.39, 0.29) is 41.6 Å². The molecule has 1 atom stereocenters. The lowest BCUT2D eigenvalue weighted by molar-refractivity contribution is -0.274. The van der Waals surface area contributed by atoms with Gasteiger partial charge < -0.3 is 25.0 Å². The first-order valence-electron chi connectivity index (χ1n) is 17.1. The van der Waals surface area contributed by atoms with Gasteiger partial charge in [0.1, 0.15) is 5.75 Å². The number of nitrogens with one attached hydrogen (secondary N) is 1. The Morgan fingerprint density at radius 2 is 1.63 bits per heavy atom. The lowest BCUT2D eigenvalue weighted by Crippen LogP contribution is -2.46. The number of hydrogen-bond acceptors (Lipinski definition) is 6. The molecule has 1 aliphatic rings. The van der Waals surface area contributed by atoms with E-state index in [0.717, 1.165) is 48.9 Å².